The molecule has 3 aromatic carbocycles. The third kappa shape index (κ3) is 2.87. The lowest BCUT2D eigenvalue weighted by molar-refractivity contribution is 1.04. The van der Waals surface area contributed by atoms with Crippen LogP contribution in [0.4, 0.5) is 0 Å². The highest BCUT2D eigenvalue weighted by atomic mass is 15.3. The predicted octanol–water partition coefficient (Wildman–Crippen LogP) is 4.18. The van der Waals surface area contributed by atoms with Crippen LogP contribution in [0.3, 0.4) is 0 Å². The third-order valence-electron chi connectivity index (χ3n) is 4.57. The molecule has 0 fully saturated rings. The van der Waals surface area contributed by atoms with Crippen LogP contribution in [0.25, 0.3) is 34.2 Å². The Kier molecular flexibility index (Phi) is 3.99. The smallest absolute Gasteiger partial charge is 0.168 e. The van der Waals surface area contributed by atoms with Crippen molar-refractivity contribution in [1.29, 1.82) is 0 Å². The van der Waals surface area contributed by atoms with Gasteiger partial charge in [-0.3, -0.25) is 9.13 Å². The van der Waals surface area contributed by atoms with Crippen LogP contribution in [-0.4, -0.2) is 29.5 Å². The Morgan fingerprint density at radius 1 is 0.464 bits per heavy atom. The number of rotatable bonds is 4. The predicted molar refractivity (Wildman–Crippen MR) is 107 cm³/mol. The quantitative estimate of drug-likeness (QED) is 0.480. The van der Waals surface area contributed by atoms with E-state index in [-0.39, 0.29) is 0 Å². The summed E-state index contributed by atoms with van der Waals surface area (Å²) in [5, 5.41) is 16.7. The standard InChI is InChI=1S/C22H16N6/c1-3-7-17(8-4-1)21-25-23-15-27(21)19-11-13-20(14-12-19)28-16-24-26-22(28)18-9-5-2-6-10-18/h1-16H. The molecule has 0 aliphatic carbocycles. The van der Waals surface area contributed by atoms with E-state index in [1.165, 1.54) is 0 Å². The third-order valence-corrected chi connectivity index (χ3v) is 4.57. The Bertz CT molecular complexity index is 1090. The van der Waals surface area contributed by atoms with Crippen LogP contribution in [0.2, 0.25) is 0 Å². The second-order valence-corrected chi connectivity index (χ2v) is 6.30. The van der Waals surface area contributed by atoms with E-state index in [2.05, 4.69) is 20.4 Å². The molecular formula is C22H16N6. The van der Waals surface area contributed by atoms with Gasteiger partial charge in [0.25, 0.3) is 0 Å². The second kappa shape index (κ2) is 6.92. The largest absolute Gasteiger partial charge is 0.282 e. The summed E-state index contributed by atoms with van der Waals surface area (Å²) in [6.45, 7) is 0. The molecule has 2 heterocycles. The summed E-state index contributed by atoms with van der Waals surface area (Å²) >= 11 is 0. The molecule has 0 atom stereocenters. The SMILES string of the molecule is c1ccc(-c2nncn2-c2ccc(-n3cnnc3-c3ccccc3)cc2)cc1. The van der Waals surface area contributed by atoms with E-state index in [1.807, 2.05) is 94.1 Å². The Hall–Kier alpha value is -4.06. The fourth-order valence-corrected chi connectivity index (χ4v) is 3.19. The van der Waals surface area contributed by atoms with Crippen molar-refractivity contribution in [1.82, 2.24) is 29.5 Å². The van der Waals surface area contributed by atoms with Crippen LogP contribution >= 0.6 is 0 Å². The van der Waals surface area contributed by atoms with Crippen molar-refractivity contribution in [3.05, 3.63) is 97.6 Å². The molecule has 0 saturated heterocycles. The summed E-state index contributed by atoms with van der Waals surface area (Å²) in [5.41, 5.74) is 4.02. The van der Waals surface area contributed by atoms with Crippen LogP contribution in [-0.2, 0) is 0 Å². The Balaban J connectivity index is 1.51. The summed E-state index contributed by atoms with van der Waals surface area (Å²) in [7, 11) is 0. The van der Waals surface area contributed by atoms with Gasteiger partial charge in [0.2, 0.25) is 0 Å². The maximum atomic E-state index is 4.28. The fraction of sp³-hybridized carbons (Fsp3) is 0. The van der Waals surface area contributed by atoms with Crippen LogP contribution in [0.1, 0.15) is 0 Å². The van der Waals surface area contributed by atoms with Gasteiger partial charge in [0, 0.05) is 22.5 Å². The van der Waals surface area contributed by atoms with Crippen LogP contribution in [0.5, 0.6) is 0 Å². The molecule has 0 spiro atoms. The minimum Gasteiger partial charge on any atom is -0.282 e. The van der Waals surface area contributed by atoms with Crippen LogP contribution in [0.15, 0.2) is 97.6 Å². The van der Waals surface area contributed by atoms with E-state index in [0.29, 0.717) is 0 Å². The van der Waals surface area contributed by atoms with Crippen LogP contribution in [0, 0.1) is 0 Å². The molecule has 0 N–H and O–H groups in total. The van der Waals surface area contributed by atoms with E-state index in [1.54, 1.807) is 12.7 Å². The van der Waals surface area contributed by atoms with Crippen molar-refractivity contribution < 1.29 is 0 Å². The van der Waals surface area contributed by atoms with E-state index in [0.717, 1.165) is 34.2 Å². The maximum absolute atomic E-state index is 4.28. The number of nitrogens with zero attached hydrogens (tertiary/aromatic N) is 6. The van der Waals surface area contributed by atoms with Crippen molar-refractivity contribution in [2.45, 2.75) is 0 Å². The van der Waals surface area contributed by atoms with Gasteiger partial charge in [-0.2, -0.15) is 0 Å². The molecule has 0 amide bonds. The monoisotopic (exact) mass is 364 g/mol. The number of benzene rings is 3. The molecule has 6 nitrogen and oxygen atoms in total. The molecule has 0 unspecified atom stereocenters. The summed E-state index contributed by atoms with van der Waals surface area (Å²) < 4.78 is 3.95. The van der Waals surface area contributed by atoms with Gasteiger partial charge in [-0.25, -0.2) is 0 Å². The lowest BCUT2D eigenvalue weighted by Crippen LogP contribution is -1.99. The first-order valence-corrected chi connectivity index (χ1v) is 8.92. The average Bonchev–Trinajstić information content (AvgIpc) is 3.45. The van der Waals surface area contributed by atoms with Gasteiger partial charge in [-0.05, 0) is 24.3 Å². The van der Waals surface area contributed by atoms with Crippen molar-refractivity contribution in [2.24, 2.45) is 0 Å². The fourth-order valence-electron chi connectivity index (χ4n) is 3.19. The highest BCUT2D eigenvalue weighted by Crippen LogP contribution is 2.23. The minimum absolute atomic E-state index is 0.808. The molecule has 5 rings (SSSR count). The molecular weight excluding hydrogens is 348 g/mol. The second-order valence-electron chi connectivity index (χ2n) is 6.30. The first-order valence-electron chi connectivity index (χ1n) is 8.92. The molecule has 2 aromatic heterocycles. The van der Waals surface area contributed by atoms with Crippen molar-refractivity contribution >= 4 is 0 Å². The van der Waals surface area contributed by atoms with Crippen molar-refractivity contribution in [3.63, 3.8) is 0 Å². The van der Waals surface area contributed by atoms with Gasteiger partial charge in [-0.15, -0.1) is 20.4 Å². The lowest BCUT2D eigenvalue weighted by Gasteiger charge is -2.10. The zero-order valence-corrected chi connectivity index (χ0v) is 14.9. The first kappa shape index (κ1) is 16.1. The van der Waals surface area contributed by atoms with Crippen molar-refractivity contribution in [2.75, 3.05) is 0 Å². The molecule has 0 aliphatic heterocycles. The number of aromatic nitrogens is 6. The Morgan fingerprint density at radius 2 is 0.857 bits per heavy atom. The molecule has 5 aromatic rings. The molecule has 0 aliphatic rings. The maximum Gasteiger partial charge on any atom is 0.168 e. The average molecular weight is 364 g/mol. The molecule has 0 radical (unpaired) electrons. The molecule has 0 saturated carbocycles. The zero-order valence-electron chi connectivity index (χ0n) is 14.9. The van der Waals surface area contributed by atoms with Crippen LogP contribution < -0.4 is 0 Å². The lowest BCUT2D eigenvalue weighted by atomic mass is 10.2. The highest BCUT2D eigenvalue weighted by molar-refractivity contribution is 5.60. The van der Waals surface area contributed by atoms with Gasteiger partial charge in [0.1, 0.15) is 12.7 Å². The van der Waals surface area contributed by atoms with Gasteiger partial charge in [0.05, 0.1) is 0 Å². The van der Waals surface area contributed by atoms with E-state index in [9.17, 15) is 0 Å². The van der Waals surface area contributed by atoms with Gasteiger partial charge in [0.15, 0.2) is 11.6 Å². The number of hydrogen-bond acceptors (Lipinski definition) is 4. The Morgan fingerprint density at radius 3 is 1.25 bits per heavy atom. The molecule has 0 bridgehead atoms. The zero-order chi connectivity index (χ0) is 18.8. The van der Waals surface area contributed by atoms with Gasteiger partial charge < -0.3 is 0 Å². The van der Waals surface area contributed by atoms with Gasteiger partial charge in [-0.1, -0.05) is 60.7 Å². The number of hydrogen-bond donors (Lipinski definition) is 0. The highest BCUT2D eigenvalue weighted by Gasteiger charge is 2.11. The molecule has 134 valence electrons. The summed E-state index contributed by atoms with van der Waals surface area (Å²) in [6, 6.07) is 28.2. The van der Waals surface area contributed by atoms with Gasteiger partial charge >= 0.3 is 0 Å². The summed E-state index contributed by atoms with van der Waals surface area (Å²) in [4.78, 5) is 0. The van der Waals surface area contributed by atoms with Crippen molar-refractivity contribution in [3.8, 4) is 34.2 Å². The first-order chi connectivity index (χ1) is 13.9. The minimum atomic E-state index is 0.808. The molecule has 28 heavy (non-hydrogen) atoms. The summed E-state index contributed by atoms with van der Waals surface area (Å²) in [5.74, 6) is 1.62. The normalized spacial score (nSPS) is 10.9. The van der Waals surface area contributed by atoms with E-state index < -0.39 is 0 Å². The summed E-state index contributed by atoms with van der Waals surface area (Å²) in [6.07, 6.45) is 3.46. The molecule has 6 heteroatoms. The Labute approximate surface area is 161 Å². The van der Waals surface area contributed by atoms with E-state index >= 15 is 0 Å². The van der Waals surface area contributed by atoms with E-state index in [4.69, 9.17) is 0 Å². The topological polar surface area (TPSA) is 61.4 Å².